The maximum absolute atomic E-state index is 13.2. The van der Waals surface area contributed by atoms with E-state index in [2.05, 4.69) is 36.3 Å². The lowest BCUT2D eigenvalue weighted by atomic mass is 10.0. The Bertz CT molecular complexity index is 1370. The van der Waals surface area contributed by atoms with E-state index in [4.69, 9.17) is 0 Å². The van der Waals surface area contributed by atoms with Gasteiger partial charge in [-0.15, -0.1) is 5.10 Å². The Kier molecular flexibility index (Phi) is 5.53. The van der Waals surface area contributed by atoms with Crippen LogP contribution in [0.5, 0.6) is 0 Å². The van der Waals surface area contributed by atoms with E-state index in [-0.39, 0.29) is 5.91 Å². The summed E-state index contributed by atoms with van der Waals surface area (Å²) >= 11 is 0. The van der Waals surface area contributed by atoms with Crippen molar-refractivity contribution in [3.8, 4) is 11.4 Å². The largest absolute Gasteiger partial charge is 0.321 e. The lowest BCUT2D eigenvalue weighted by Gasteiger charge is -2.21. The summed E-state index contributed by atoms with van der Waals surface area (Å²) in [6.45, 7) is 0. The third-order valence-electron chi connectivity index (χ3n) is 5.40. The molecule has 0 fully saturated rings. The van der Waals surface area contributed by atoms with Gasteiger partial charge in [0, 0.05) is 29.4 Å². The predicted molar refractivity (Wildman–Crippen MR) is 127 cm³/mol. The molecule has 3 amide bonds. The molecule has 4 aromatic rings. The number of benzene rings is 3. The number of anilines is 2. The molecular weight excluding hydrogens is 432 g/mol. The van der Waals surface area contributed by atoms with E-state index in [1.807, 2.05) is 60.7 Å². The molecular formula is C24H20N8O2. The van der Waals surface area contributed by atoms with Crippen LogP contribution in [0.3, 0.4) is 0 Å². The minimum atomic E-state index is -1.12. The number of urea groups is 1. The number of carbonyl (C=O) groups excluding carboxylic acids is 2. The first-order valence-electron chi connectivity index (χ1n) is 10.5. The topological polar surface area (TPSA) is 128 Å². The first kappa shape index (κ1) is 21.0. The van der Waals surface area contributed by atoms with E-state index >= 15 is 0 Å². The number of para-hydroxylation sites is 1. The molecule has 0 spiro atoms. The van der Waals surface area contributed by atoms with Crippen LogP contribution in [0.2, 0.25) is 0 Å². The van der Waals surface area contributed by atoms with Gasteiger partial charge in [-0.1, -0.05) is 60.7 Å². The van der Waals surface area contributed by atoms with E-state index in [0.29, 0.717) is 28.5 Å². The van der Waals surface area contributed by atoms with Crippen LogP contribution in [0.1, 0.15) is 11.1 Å². The zero-order valence-corrected chi connectivity index (χ0v) is 18.1. The van der Waals surface area contributed by atoms with Gasteiger partial charge in [-0.25, -0.2) is 14.9 Å². The Hall–Kier alpha value is -4.86. The second kappa shape index (κ2) is 8.94. The van der Waals surface area contributed by atoms with Crippen molar-refractivity contribution >= 4 is 29.0 Å². The van der Waals surface area contributed by atoms with Gasteiger partial charge in [0.25, 0.3) is 5.91 Å². The van der Waals surface area contributed by atoms with Crippen LogP contribution in [0.4, 0.5) is 16.2 Å². The van der Waals surface area contributed by atoms with Gasteiger partial charge in [0.1, 0.15) is 0 Å². The number of tetrazole rings is 1. The van der Waals surface area contributed by atoms with Crippen molar-refractivity contribution in [2.45, 2.75) is 6.17 Å². The highest BCUT2D eigenvalue weighted by Gasteiger charge is 2.30. The molecule has 0 radical (unpaired) electrons. The summed E-state index contributed by atoms with van der Waals surface area (Å²) in [5.74, 6) is 0.120. The molecule has 1 aliphatic rings. The van der Waals surface area contributed by atoms with Crippen LogP contribution in [0.15, 0.2) is 83.9 Å². The average Bonchev–Trinajstić information content (AvgIpc) is 3.39. The monoisotopic (exact) mass is 452 g/mol. The number of hydrogen-bond donors (Lipinski definition) is 3. The minimum absolute atomic E-state index is 0.352. The van der Waals surface area contributed by atoms with Gasteiger partial charge < -0.3 is 15.5 Å². The fourth-order valence-electron chi connectivity index (χ4n) is 3.76. The Morgan fingerprint density at radius 1 is 0.971 bits per heavy atom. The second-order valence-electron chi connectivity index (χ2n) is 7.59. The zero-order valence-electron chi connectivity index (χ0n) is 18.1. The Balaban J connectivity index is 1.43. The number of fused-ring (bicyclic) bond motifs is 1. The van der Waals surface area contributed by atoms with E-state index in [1.54, 1.807) is 25.2 Å². The Morgan fingerprint density at radius 2 is 1.74 bits per heavy atom. The molecule has 0 saturated carbocycles. The SMILES string of the molecule is CN1C(=O)C(NC(=O)Nc2cccc(-c3nnn[nH]3)c2)N=C(c2ccccc2)c2ccccc21. The minimum Gasteiger partial charge on any atom is -0.311 e. The summed E-state index contributed by atoms with van der Waals surface area (Å²) in [4.78, 5) is 32.3. The number of hydrogen-bond acceptors (Lipinski definition) is 6. The molecule has 34 heavy (non-hydrogen) atoms. The fourth-order valence-corrected chi connectivity index (χ4v) is 3.76. The highest BCUT2D eigenvalue weighted by atomic mass is 16.2. The molecule has 2 heterocycles. The molecule has 3 N–H and O–H groups in total. The van der Waals surface area contributed by atoms with Crippen LogP contribution < -0.4 is 15.5 Å². The van der Waals surface area contributed by atoms with Crippen LogP contribution >= 0.6 is 0 Å². The highest BCUT2D eigenvalue weighted by molar-refractivity contribution is 6.20. The number of likely N-dealkylation sites (N-methyl/N-ethyl adjacent to an activating group) is 1. The number of nitrogens with zero attached hydrogens (tertiary/aromatic N) is 5. The molecule has 3 aromatic carbocycles. The van der Waals surface area contributed by atoms with Crippen LogP contribution in [0, 0.1) is 0 Å². The maximum Gasteiger partial charge on any atom is 0.321 e. The van der Waals surface area contributed by atoms with Crippen molar-refractivity contribution in [2.75, 3.05) is 17.3 Å². The molecule has 0 saturated heterocycles. The fraction of sp³-hybridized carbons (Fsp3) is 0.0833. The summed E-state index contributed by atoms with van der Waals surface area (Å²) in [7, 11) is 1.67. The number of aliphatic imine (C=N–C) groups is 1. The van der Waals surface area contributed by atoms with Crippen molar-refractivity contribution < 1.29 is 9.59 Å². The molecule has 0 bridgehead atoms. The number of nitrogens with one attached hydrogen (secondary N) is 3. The molecule has 0 aliphatic carbocycles. The lowest BCUT2D eigenvalue weighted by molar-refractivity contribution is -0.119. The third-order valence-corrected chi connectivity index (χ3v) is 5.40. The van der Waals surface area contributed by atoms with Gasteiger partial charge in [0.05, 0.1) is 11.4 Å². The summed E-state index contributed by atoms with van der Waals surface area (Å²) < 4.78 is 0. The maximum atomic E-state index is 13.2. The first-order chi connectivity index (χ1) is 16.6. The van der Waals surface area contributed by atoms with Gasteiger partial charge in [-0.05, 0) is 28.6 Å². The molecule has 168 valence electrons. The number of aromatic amines is 1. The molecule has 1 aromatic heterocycles. The third kappa shape index (κ3) is 4.11. The Morgan fingerprint density at radius 3 is 2.53 bits per heavy atom. The zero-order chi connectivity index (χ0) is 23.5. The smallest absolute Gasteiger partial charge is 0.311 e. The number of rotatable bonds is 4. The molecule has 10 nitrogen and oxygen atoms in total. The second-order valence-corrected chi connectivity index (χ2v) is 7.59. The lowest BCUT2D eigenvalue weighted by Crippen LogP contribution is -2.47. The number of amides is 3. The van der Waals surface area contributed by atoms with E-state index in [0.717, 1.165) is 11.1 Å². The normalized spacial score (nSPS) is 15.2. The van der Waals surface area contributed by atoms with Gasteiger partial charge in [-0.2, -0.15) is 0 Å². The van der Waals surface area contributed by atoms with Crippen molar-refractivity contribution in [3.05, 3.63) is 90.0 Å². The quantitative estimate of drug-likeness (QED) is 0.439. The van der Waals surface area contributed by atoms with Gasteiger partial charge in [0.2, 0.25) is 6.17 Å². The number of aromatic nitrogens is 4. The molecule has 10 heteroatoms. The number of carbonyl (C=O) groups is 2. The summed E-state index contributed by atoms with van der Waals surface area (Å²) in [6.07, 6.45) is -1.12. The Labute approximate surface area is 194 Å². The first-order valence-corrected chi connectivity index (χ1v) is 10.5. The molecule has 1 atom stereocenters. The van der Waals surface area contributed by atoms with Crippen molar-refractivity contribution in [1.29, 1.82) is 0 Å². The van der Waals surface area contributed by atoms with Crippen molar-refractivity contribution in [2.24, 2.45) is 4.99 Å². The van der Waals surface area contributed by atoms with Crippen LogP contribution in [-0.4, -0.2) is 51.5 Å². The molecule has 1 unspecified atom stereocenters. The predicted octanol–water partition coefficient (Wildman–Crippen LogP) is 2.83. The van der Waals surface area contributed by atoms with E-state index in [1.165, 1.54) is 4.90 Å². The van der Waals surface area contributed by atoms with E-state index < -0.39 is 12.2 Å². The molecule has 1 aliphatic heterocycles. The van der Waals surface area contributed by atoms with Crippen LogP contribution in [0.25, 0.3) is 11.4 Å². The van der Waals surface area contributed by atoms with Gasteiger partial charge >= 0.3 is 6.03 Å². The number of H-pyrrole nitrogens is 1. The highest BCUT2D eigenvalue weighted by Crippen LogP contribution is 2.27. The van der Waals surface area contributed by atoms with E-state index in [9.17, 15) is 9.59 Å². The van der Waals surface area contributed by atoms with Crippen molar-refractivity contribution in [3.63, 3.8) is 0 Å². The molecule has 5 rings (SSSR count). The van der Waals surface area contributed by atoms with Gasteiger partial charge in [0.15, 0.2) is 5.82 Å². The van der Waals surface area contributed by atoms with Crippen LogP contribution in [-0.2, 0) is 4.79 Å². The summed E-state index contributed by atoms with van der Waals surface area (Å²) in [5.41, 5.74) is 4.21. The van der Waals surface area contributed by atoms with Crippen molar-refractivity contribution in [1.82, 2.24) is 25.9 Å². The number of benzodiazepines with no additional fused rings is 1. The summed E-state index contributed by atoms with van der Waals surface area (Å²) in [6, 6.07) is 23.6. The summed E-state index contributed by atoms with van der Waals surface area (Å²) in [5, 5.41) is 19.1. The average molecular weight is 452 g/mol. The van der Waals surface area contributed by atoms with Gasteiger partial charge in [-0.3, -0.25) is 4.79 Å². The standard InChI is InChI=1S/C24H20N8O2/c1-32-19-13-6-5-12-18(19)20(15-8-3-2-4-9-15)26-22(23(32)33)27-24(34)25-17-11-7-10-16(14-17)21-28-30-31-29-21/h2-14,22H,1H3,(H2,25,27,34)(H,28,29,30,31).